The van der Waals surface area contributed by atoms with Crippen molar-refractivity contribution in [2.45, 2.75) is 19.8 Å². The molecule has 0 aliphatic carbocycles. The minimum atomic E-state index is 0.205. The van der Waals surface area contributed by atoms with Gasteiger partial charge in [-0.1, -0.05) is 31.5 Å². The monoisotopic (exact) mass is 374 g/mol. The van der Waals surface area contributed by atoms with Gasteiger partial charge in [-0.3, -0.25) is 0 Å². The van der Waals surface area contributed by atoms with Crippen LogP contribution in [-0.4, -0.2) is 9.97 Å². The Kier molecular flexibility index (Phi) is 4.40. The molecule has 2 aromatic rings. The van der Waals surface area contributed by atoms with Crippen molar-refractivity contribution in [3.05, 3.63) is 44.9 Å². The van der Waals surface area contributed by atoms with Gasteiger partial charge in [0.2, 0.25) is 5.88 Å². The molecule has 0 N–H and O–H groups in total. The minimum absolute atomic E-state index is 0.205. The van der Waals surface area contributed by atoms with Crippen LogP contribution in [0.2, 0.25) is 5.15 Å². The normalized spacial score (nSPS) is 10.7. The van der Waals surface area contributed by atoms with Gasteiger partial charge >= 0.3 is 0 Å². The highest BCUT2D eigenvalue weighted by Gasteiger charge is 2.15. The van der Waals surface area contributed by atoms with Gasteiger partial charge in [-0.05, 0) is 46.7 Å². The highest BCUT2D eigenvalue weighted by Crippen LogP contribution is 2.32. The Hall–Kier alpha value is -0.880. The molecule has 3 nitrogen and oxygen atoms in total. The molecular formula is C13H12ClIN2O. The highest BCUT2D eigenvalue weighted by atomic mass is 127. The summed E-state index contributed by atoms with van der Waals surface area (Å²) in [5.74, 6) is 1.47. The molecule has 1 aromatic carbocycles. The third-order valence-corrected chi connectivity index (χ3v) is 3.36. The lowest BCUT2D eigenvalue weighted by atomic mass is 10.1. The maximum Gasteiger partial charge on any atom is 0.227 e. The van der Waals surface area contributed by atoms with E-state index in [-0.39, 0.29) is 5.92 Å². The minimum Gasteiger partial charge on any atom is -0.439 e. The molecule has 0 spiro atoms. The van der Waals surface area contributed by atoms with Crippen LogP contribution in [0.4, 0.5) is 0 Å². The molecule has 2 rings (SSSR count). The van der Waals surface area contributed by atoms with E-state index in [0.717, 1.165) is 14.9 Å². The van der Waals surface area contributed by atoms with E-state index in [4.69, 9.17) is 16.3 Å². The van der Waals surface area contributed by atoms with Gasteiger partial charge in [0, 0.05) is 3.57 Å². The summed E-state index contributed by atoms with van der Waals surface area (Å²) in [5.41, 5.74) is 0.832. The van der Waals surface area contributed by atoms with Crippen LogP contribution in [0.25, 0.3) is 0 Å². The Morgan fingerprint density at radius 2 is 2.06 bits per heavy atom. The molecule has 0 saturated heterocycles. The number of ether oxygens (including phenoxy) is 1. The topological polar surface area (TPSA) is 35.0 Å². The second-order valence-corrected chi connectivity index (χ2v) is 5.70. The Labute approximate surface area is 125 Å². The molecular weight excluding hydrogens is 363 g/mol. The van der Waals surface area contributed by atoms with Crippen molar-refractivity contribution in [2.24, 2.45) is 0 Å². The highest BCUT2D eigenvalue weighted by molar-refractivity contribution is 14.1. The number of halogens is 2. The van der Waals surface area contributed by atoms with Crippen molar-refractivity contribution in [1.29, 1.82) is 0 Å². The lowest BCUT2D eigenvalue weighted by Crippen LogP contribution is -1.99. The Morgan fingerprint density at radius 3 is 2.72 bits per heavy atom. The number of nitrogens with zero attached hydrogens (tertiary/aromatic N) is 2. The molecule has 0 fully saturated rings. The van der Waals surface area contributed by atoms with Gasteiger partial charge in [-0.25, -0.2) is 9.97 Å². The van der Waals surface area contributed by atoms with Crippen molar-refractivity contribution < 1.29 is 4.74 Å². The van der Waals surface area contributed by atoms with Gasteiger partial charge in [0.1, 0.15) is 17.2 Å². The molecule has 0 saturated carbocycles. The summed E-state index contributed by atoms with van der Waals surface area (Å²) in [6.45, 7) is 4.07. The maximum absolute atomic E-state index is 6.09. The van der Waals surface area contributed by atoms with E-state index in [1.165, 1.54) is 6.33 Å². The standard InChI is InChI=1S/C13H12ClIN2O/c1-8(2)11-12(14)16-7-17-13(11)18-10-5-3-4-9(15)6-10/h3-8H,1-2H3. The molecule has 0 unspecified atom stereocenters. The van der Waals surface area contributed by atoms with E-state index in [9.17, 15) is 0 Å². The predicted octanol–water partition coefficient (Wildman–Crippen LogP) is 4.65. The van der Waals surface area contributed by atoms with Crippen molar-refractivity contribution in [1.82, 2.24) is 9.97 Å². The second kappa shape index (κ2) is 5.84. The van der Waals surface area contributed by atoms with E-state index in [1.54, 1.807) is 0 Å². The molecule has 5 heteroatoms. The predicted molar refractivity (Wildman–Crippen MR) is 80.4 cm³/mol. The summed E-state index contributed by atoms with van der Waals surface area (Å²) in [6.07, 6.45) is 1.41. The molecule has 1 heterocycles. The maximum atomic E-state index is 6.09. The lowest BCUT2D eigenvalue weighted by molar-refractivity contribution is 0.451. The Balaban J connectivity index is 2.37. The van der Waals surface area contributed by atoms with Crippen LogP contribution in [0.3, 0.4) is 0 Å². The van der Waals surface area contributed by atoms with E-state index >= 15 is 0 Å². The molecule has 0 radical (unpaired) electrons. The second-order valence-electron chi connectivity index (χ2n) is 4.10. The van der Waals surface area contributed by atoms with Crippen LogP contribution in [0.5, 0.6) is 11.6 Å². The third kappa shape index (κ3) is 3.11. The number of hydrogen-bond acceptors (Lipinski definition) is 3. The van der Waals surface area contributed by atoms with Crippen LogP contribution < -0.4 is 4.74 Å². The third-order valence-electron chi connectivity index (χ3n) is 2.39. The van der Waals surface area contributed by atoms with E-state index in [1.807, 2.05) is 38.1 Å². The molecule has 0 atom stereocenters. The average Bonchev–Trinajstić information content (AvgIpc) is 2.28. The van der Waals surface area contributed by atoms with Crippen LogP contribution in [-0.2, 0) is 0 Å². The van der Waals surface area contributed by atoms with Gasteiger partial charge < -0.3 is 4.74 Å². The van der Waals surface area contributed by atoms with E-state index in [0.29, 0.717) is 11.0 Å². The summed E-state index contributed by atoms with van der Waals surface area (Å²) < 4.78 is 6.90. The first kappa shape index (κ1) is 13.5. The smallest absolute Gasteiger partial charge is 0.227 e. The van der Waals surface area contributed by atoms with Crippen molar-refractivity contribution in [3.63, 3.8) is 0 Å². The Morgan fingerprint density at radius 1 is 1.28 bits per heavy atom. The van der Waals surface area contributed by atoms with Gasteiger partial charge in [-0.15, -0.1) is 0 Å². The SMILES string of the molecule is CC(C)c1c(Cl)ncnc1Oc1cccc(I)c1. The molecule has 0 aliphatic rings. The van der Waals surface area contributed by atoms with Crippen molar-refractivity contribution in [3.8, 4) is 11.6 Å². The molecule has 0 amide bonds. The number of benzene rings is 1. The summed E-state index contributed by atoms with van der Waals surface area (Å²) in [5, 5.41) is 0.445. The quantitative estimate of drug-likeness (QED) is 0.579. The van der Waals surface area contributed by atoms with Gasteiger partial charge in [0.25, 0.3) is 0 Å². The fourth-order valence-corrected chi connectivity index (χ4v) is 2.43. The van der Waals surface area contributed by atoms with E-state index < -0.39 is 0 Å². The zero-order valence-corrected chi connectivity index (χ0v) is 12.9. The molecule has 1 aromatic heterocycles. The molecule has 18 heavy (non-hydrogen) atoms. The van der Waals surface area contributed by atoms with Gasteiger partial charge in [0.05, 0.1) is 5.56 Å². The van der Waals surface area contributed by atoms with E-state index in [2.05, 4.69) is 32.6 Å². The summed E-state index contributed by atoms with van der Waals surface area (Å²) >= 11 is 8.33. The number of hydrogen-bond donors (Lipinski definition) is 0. The average molecular weight is 375 g/mol. The fourth-order valence-electron chi connectivity index (χ4n) is 1.57. The number of rotatable bonds is 3. The van der Waals surface area contributed by atoms with Crippen molar-refractivity contribution >= 4 is 34.2 Å². The molecule has 94 valence electrons. The molecule has 0 aliphatic heterocycles. The fraction of sp³-hybridized carbons (Fsp3) is 0.231. The summed E-state index contributed by atoms with van der Waals surface area (Å²) in [6, 6.07) is 7.78. The summed E-state index contributed by atoms with van der Waals surface area (Å²) in [7, 11) is 0. The first-order valence-electron chi connectivity index (χ1n) is 5.51. The van der Waals surface area contributed by atoms with Crippen LogP contribution in [0.1, 0.15) is 25.3 Å². The number of aromatic nitrogens is 2. The van der Waals surface area contributed by atoms with Gasteiger partial charge in [0.15, 0.2) is 0 Å². The van der Waals surface area contributed by atoms with Crippen LogP contribution in [0, 0.1) is 3.57 Å². The zero-order valence-electron chi connectivity index (χ0n) is 10.0. The zero-order chi connectivity index (χ0) is 13.1. The first-order chi connectivity index (χ1) is 8.58. The van der Waals surface area contributed by atoms with Gasteiger partial charge in [-0.2, -0.15) is 0 Å². The van der Waals surface area contributed by atoms with Crippen LogP contribution >= 0.6 is 34.2 Å². The largest absolute Gasteiger partial charge is 0.439 e. The first-order valence-corrected chi connectivity index (χ1v) is 6.97. The molecule has 0 bridgehead atoms. The lowest BCUT2D eigenvalue weighted by Gasteiger charge is -2.13. The summed E-state index contributed by atoms with van der Waals surface area (Å²) in [4.78, 5) is 8.16. The Bertz CT molecular complexity index is 560. The van der Waals surface area contributed by atoms with Crippen molar-refractivity contribution in [2.75, 3.05) is 0 Å². The van der Waals surface area contributed by atoms with Crippen LogP contribution in [0.15, 0.2) is 30.6 Å².